The van der Waals surface area contributed by atoms with E-state index in [-0.39, 0.29) is 11.6 Å². The van der Waals surface area contributed by atoms with E-state index in [0.29, 0.717) is 17.4 Å². The maximum absolute atomic E-state index is 12.8. The fourth-order valence-corrected chi connectivity index (χ4v) is 3.46. The average molecular weight is 421 g/mol. The summed E-state index contributed by atoms with van der Waals surface area (Å²) >= 11 is 6.25. The van der Waals surface area contributed by atoms with E-state index in [1.807, 2.05) is 48.9 Å². The van der Waals surface area contributed by atoms with Gasteiger partial charge in [0.25, 0.3) is 5.91 Å². The highest BCUT2D eigenvalue weighted by Gasteiger charge is 2.15. The highest BCUT2D eigenvalue weighted by atomic mass is 35.5. The molecule has 152 valence electrons. The van der Waals surface area contributed by atoms with Crippen LogP contribution in [0.1, 0.15) is 33.0 Å². The van der Waals surface area contributed by atoms with Crippen molar-refractivity contribution in [2.45, 2.75) is 26.9 Å². The molecule has 0 saturated heterocycles. The third kappa shape index (κ3) is 4.41. The van der Waals surface area contributed by atoms with Gasteiger partial charge in [-0.3, -0.25) is 4.79 Å². The number of nitrogens with zero attached hydrogens (tertiary/aromatic N) is 5. The quantitative estimate of drug-likeness (QED) is 0.515. The summed E-state index contributed by atoms with van der Waals surface area (Å²) in [6.45, 7) is 4.94. The molecule has 0 aliphatic heterocycles. The Morgan fingerprint density at radius 2 is 1.97 bits per heavy atom. The summed E-state index contributed by atoms with van der Waals surface area (Å²) in [5, 5.41) is 7.62. The number of pyridine rings is 1. The highest BCUT2D eigenvalue weighted by Crippen LogP contribution is 2.18. The minimum Gasteiger partial charge on any atom is -0.347 e. The van der Waals surface area contributed by atoms with E-state index in [9.17, 15) is 4.79 Å². The largest absolute Gasteiger partial charge is 0.347 e. The number of rotatable bonds is 6. The Balaban J connectivity index is 1.48. The van der Waals surface area contributed by atoms with E-state index in [4.69, 9.17) is 11.6 Å². The summed E-state index contributed by atoms with van der Waals surface area (Å²) in [5.74, 6) is 0.223. The number of benzene rings is 1. The molecule has 0 saturated carbocycles. The third-order valence-electron chi connectivity index (χ3n) is 4.64. The summed E-state index contributed by atoms with van der Waals surface area (Å²) in [6, 6.07) is 13.4. The van der Waals surface area contributed by atoms with E-state index >= 15 is 0 Å². The maximum Gasteiger partial charge on any atom is 0.271 e. The Labute approximate surface area is 179 Å². The Hall–Kier alpha value is -3.45. The first-order chi connectivity index (χ1) is 14.5. The normalized spacial score (nSPS) is 10.9. The molecular formula is C22H21ClN6O. The van der Waals surface area contributed by atoms with Crippen LogP contribution in [-0.4, -0.2) is 30.2 Å². The van der Waals surface area contributed by atoms with Crippen molar-refractivity contribution >= 4 is 17.5 Å². The molecule has 0 fully saturated rings. The maximum atomic E-state index is 12.8. The summed E-state index contributed by atoms with van der Waals surface area (Å²) in [4.78, 5) is 21.3. The van der Waals surface area contributed by atoms with E-state index in [2.05, 4.69) is 26.4 Å². The topological polar surface area (TPSA) is 77.6 Å². The second kappa shape index (κ2) is 8.51. The van der Waals surface area contributed by atoms with Crippen molar-refractivity contribution in [2.75, 3.05) is 0 Å². The van der Waals surface area contributed by atoms with Gasteiger partial charge in [0.05, 0.1) is 17.0 Å². The lowest BCUT2D eigenvalue weighted by Gasteiger charge is -2.10. The van der Waals surface area contributed by atoms with Crippen LogP contribution in [0.15, 0.2) is 61.2 Å². The third-order valence-corrected chi connectivity index (χ3v) is 4.95. The predicted molar refractivity (Wildman–Crippen MR) is 115 cm³/mol. The molecule has 0 unspecified atom stereocenters. The van der Waals surface area contributed by atoms with E-state index in [0.717, 1.165) is 29.1 Å². The zero-order valence-electron chi connectivity index (χ0n) is 16.7. The van der Waals surface area contributed by atoms with Crippen LogP contribution in [0.5, 0.6) is 0 Å². The monoisotopic (exact) mass is 420 g/mol. The lowest BCUT2D eigenvalue weighted by atomic mass is 10.1. The van der Waals surface area contributed by atoms with Crippen LogP contribution in [0.25, 0.3) is 5.82 Å². The van der Waals surface area contributed by atoms with Crippen LogP contribution in [0, 0.1) is 13.8 Å². The van der Waals surface area contributed by atoms with Gasteiger partial charge in [-0.05, 0) is 43.2 Å². The van der Waals surface area contributed by atoms with Gasteiger partial charge in [-0.2, -0.15) is 5.10 Å². The van der Waals surface area contributed by atoms with Gasteiger partial charge in [0.1, 0.15) is 5.69 Å². The molecule has 4 aromatic rings. The van der Waals surface area contributed by atoms with Gasteiger partial charge in [-0.1, -0.05) is 35.9 Å². The molecule has 0 aliphatic carbocycles. The number of hydrogen-bond donors (Lipinski definition) is 1. The van der Waals surface area contributed by atoms with Crippen molar-refractivity contribution in [3.8, 4) is 5.82 Å². The molecule has 8 heteroatoms. The molecule has 1 amide bonds. The first-order valence-electron chi connectivity index (χ1n) is 9.51. The van der Waals surface area contributed by atoms with Crippen LogP contribution >= 0.6 is 11.6 Å². The molecule has 1 aromatic carbocycles. The smallest absolute Gasteiger partial charge is 0.271 e. The van der Waals surface area contributed by atoms with Gasteiger partial charge in [0.15, 0.2) is 5.82 Å². The number of hydrogen-bond acceptors (Lipinski definition) is 4. The minimum atomic E-state index is -0.330. The molecule has 0 atom stereocenters. The lowest BCUT2D eigenvalue weighted by molar-refractivity contribution is 0.0946. The second-order valence-electron chi connectivity index (χ2n) is 7.08. The molecular weight excluding hydrogens is 400 g/mol. The van der Waals surface area contributed by atoms with Crippen LogP contribution < -0.4 is 5.32 Å². The highest BCUT2D eigenvalue weighted by molar-refractivity contribution is 6.33. The Kier molecular flexibility index (Phi) is 5.63. The average Bonchev–Trinajstić information content (AvgIpc) is 3.36. The fourth-order valence-electron chi connectivity index (χ4n) is 3.26. The predicted octanol–water partition coefficient (Wildman–Crippen LogP) is 3.71. The first-order valence-corrected chi connectivity index (χ1v) is 9.89. The standard InChI is InChI=1S/C22H21ClN6O/c1-15-10-16(2)29(27-15)20-7-6-19(23)21(26-20)22(30)25-12-17-4-3-5-18(11-17)13-28-9-8-24-14-28/h3-11,14H,12-13H2,1-2H3,(H,25,30). The molecule has 3 aromatic heterocycles. The number of aromatic nitrogens is 5. The molecule has 7 nitrogen and oxygen atoms in total. The van der Waals surface area contributed by atoms with E-state index in [1.54, 1.807) is 29.3 Å². The number of carbonyl (C=O) groups excluding carboxylic acids is 1. The number of nitrogens with one attached hydrogen (secondary N) is 1. The number of amides is 1. The van der Waals surface area contributed by atoms with Crippen LogP contribution in [0.4, 0.5) is 0 Å². The summed E-state index contributed by atoms with van der Waals surface area (Å²) in [6.07, 6.45) is 5.44. The number of aryl methyl sites for hydroxylation is 2. The van der Waals surface area contributed by atoms with Gasteiger partial charge in [0, 0.05) is 31.2 Å². The van der Waals surface area contributed by atoms with Crippen molar-refractivity contribution in [1.29, 1.82) is 0 Å². The number of halogens is 1. The molecule has 0 bridgehead atoms. The molecule has 0 spiro atoms. The number of imidazole rings is 1. The molecule has 3 heterocycles. The van der Waals surface area contributed by atoms with Gasteiger partial charge in [0.2, 0.25) is 0 Å². The van der Waals surface area contributed by atoms with Crippen molar-refractivity contribution < 1.29 is 4.79 Å². The van der Waals surface area contributed by atoms with Crippen molar-refractivity contribution in [2.24, 2.45) is 0 Å². The van der Waals surface area contributed by atoms with Crippen molar-refractivity contribution in [1.82, 2.24) is 29.6 Å². The molecule has 0 aliphatic rings. The number of carbonyl (C=O) groups is 1. The second-order valence-corrected chi connectivity index (χ2v) is 7.48. The van der Waals surface area contributed by atoms with Crippen LogP contribution in [0.3, 0.4) is 0 Å². The zero-order chi connectivity index (χ0) is 21.1. The Bertz CT molecular complexity index is 1180. The van der Waals surface area contributed by atoms with Gasteiger partial charge in [-0.25, -0.2) is 14.6 Å². The SMILES string of the molecule is Cc1cc(C)n(-c2ccc(Cl)c(C(=O)NCc3cccc(Cn4ccnc4)c3)n2)n1. The van der Waals surface area contributed by atoms with Crippen LogP contribution in [-0.2, 0) is 13.1 Å². The molecule has 4 rings (SSSR count). The minimum absolute atomic E-state index is 0.177. The van der Waals surface area contributed by atoms with Crippen molar-refractivity contribution in [3.05, 3.63) is 94.4 Å². The lowest BCUT2D eigenvalue weighted by Crippen LogP contribution is -2.25. The van der Waals surface area contributed by atoms with E-state index < -0.39 is 0 Å². The van der Waals surface area contributed by atoms with Gasteiger partial charge >= 0.3 is 0 Å². The van der Waals surface area contributed by atoms with E-state index in [1.165, 1.54) is 0 Å². The Morgan fingerprint density at radius 3 is 2.70 bits per heavy atom. The van der Waals surface area contributed by atoms with Gasteiger partial charge in [-0.15, -0.1) is 0 Å². The van der Waals surface area contributed by atoms with Crippen LogP contribution in [0.2, 0.25) is 5.02 Å². The Morgan fingerprint density at radius 1 is 1.13 bits per heavy atom. The summed E-state index contributed by atoms with van der Waals surface area (Å²) in [7, 11) is 0. The summed E-state index contributed by atoms with van der Waals surface area (Å²) in [5.41, 5.74) is 4.11. The molecule has 30 heavy (non-hydrogen) atoms. The first kappa shape index (κ1) is 19.8. The molecule has 1 N–H and O–H groups in total. The van der Waals surface area contributed by atoms with Crippen molar-refractivity contribution in [3.63, 3.8) is 0 Å². The summed E-state index contributed by atoms with van der Waals surface area (Å²) < 4.78 is 3.69. The van der Waals surface area contributed by atoms with Gasteiger partial charge < -0.3 is 9.88 Å². The zero-order valence-corrected chi connectivity index (χ0v) is 17.5. The molecule has 0 radical (unpaired) electrons. The fraction of sp³-hybridized carbons (Fsp3) is 0.182.